The third-order valence-corrected chi connectivity index (χ3v) is 6.56. The minimum Gasteiger partial charge on any atom is -0.469 e. The Bertz CT molecular complexity index is 1150. The minimum absolute atomic E-state index is 0.0328. The largest absolute Gasteiger partial charge is 0.469 e. The Labute approximate surface area is 181 Å². The second kappa shape index (κ2) is 8.97. The van der Waals surface area contributed by atoms with Crippen molar-refractivity contribution in [1.82, 2.24) is 19.9 Å². The fourth-order valence-electron chi connectivity index (χ4n) is 3.87. The van der Waals surface area contributed by atoms with Crippen molar-refractivity contribution >= 4 is 15.7 Å². The highest BCUT2D eigenvalue weighted by molar-refractivity contribution is 7.90. The van der Waals surface area contributed by atoms with E-state index in [1.54, 1.807) is 41.8 Å². The second-order valence-electron chi connectivity index (χ2n) is 7.71. The summed E-state index contributed by atoms with van der Waals surface area (Å²) in [4.78, 5) is 27.6. The zero-order valence-corrected chi connectivity index (χ0v) is 18.1. The number of furan rings is 1. The van der Waals surface area contributed by atoms with Crippen molar-refractivity contribution in [3.8, 4) is 11.4 Å². The molecule has 1 atom stereocenters. The second-order valence-corrected chi connectivity index (χ2v) is 9.69. The number of hydrogen-bond acceptors (Lipinski definition) is 7. The molecule has 8 nitrogen and oxygen atoms in total. The van der Waals surface area contributed by atoms with Crippen molar-refractivity contribution in [2.75, 3.05) is 19.3 Å². The zero-order valence-electron chi connectivity index (χ0n) is 17.3. The molecule has 1 aliphatic rings. The van der Waals surface area contributed by atoms with Crippen molar-refractivity contribution in [1.29, 1.82) is 0 Å². The molecule has 9 heteroatoms. The summed E-state index contributed by atoms with van der Waals surface area (Å²) in [6.07, 6.45) is 9.87. The Hall–Kier alpha value is -3.07. The van der Waals surface area contributed by atoms with E-state index in [-0.39, 0.29) is 16.7 Å². The lowest BCUT2D eigenvalue weighted by molar-refractivity contribution is -0.132. The molecule has 0 aromatic carbocycles. The predicted octanol–water partition coefficient (Wildman–Crippen LogP) is 2.87. The standard InChI is InChI=1S/C22H24N4O4S/c1-31(28,29)19-14-24-22(16-8-10-23-11-9-16)25-21(19)17-4-2-12-26(15-17)20(27)7-6-18-5-3-13-30-18/h3,5,8-11,13-14,17H,2,4,6-7,12,15H2,1H3. The van der Waals surface area contributed by atoms with Gasteiger partial charge in [-0.3, -0.25) is 9.78 Å². The van der Waals surface area contributed by atoms with Gasteiger partial charge in [0.25, 0.3) is 0 Å². The molecule has 4 rings (SSSR count). The van der Waals surface area contributed by atoms with Gasteiger partial charge in [0.1, 0.15) is 10.7 Å². The molecule has 0 spiro atoms. The molecular formula is C22H24N4O4S. The van der Waals surface area contributed by atoms with E-state index in [2.05, 4.69) is 15.0 Å². The van der Waals surface area contributed by atoms with Crippen LogP contribution >= 0.6 is 0 Å². The highest BCUT2D eigenvalue weighted by Crippen LogP contribution is 2.31. The highest BCUT2D eigenvalue weighted by Gasteiger charge is 2.30. The summed E-state index contributed by atoms with van der Waals surface area (Å²) >= 11 is 0. The summed E-state index contributed by atoms with van der Waals surface area (Å²) in [5, 5.41) is 0. The number of piperidine rings is 1. The quantitative estimate of drug-likeness (QED) is 0.580. The van der Waals surface area contributed by atoms with Crippen LogP contribution < -0.4 is 0 Å². The van der Waals surface area contributed by atoms with Crippen molar-refractivity contribution in [3.05, 3.63) is 60.6 Å². The maximum Gasteiger partial charge on any atom is 0.223 e. The molecule has 31 heavy (non-hydrogen) atoms. The molecule has 1 saturated heterocycles. The van der Waals surface area contributed by atoms with Crippen molar-refractivity contribution in [2.45, 2.75) is 36.5 Å². The number of likely N-dealkylation sites (tertiary alicyclic amines) is 1. The van der Waals surface area contributed by atoms with E-state index in [0.29, 0.717) is 37.4 Å². The number of carbonyl (C=O) groups is 1. The SMILES string of the molecule is CS(=O)(=O)c1cnc(-c2ccncc2)nc1C1CCCN(C(=O)CCc2ccco2)C1. The van der Waals surface area contributed by atoms with Crippen LogP contribution in [0.5, 0.6) is 0 Å². The topological polar surface area (TPSA) is 106 Å². The molecule has 1 unspecified atom stereocenters. The molecule has 0 bridgehead atoms. The first-order valence-electron chi connectivity index (χ1n) is 10.2. The van der Waals surface area contributed by atoms with Gasteiger partial charge in [0.2, 0.25) is 5.91 Å². The summed E-state index contributed by atoms with van der Waals surface area (Å²) in [6, 6.07) is 7.22. The summed E-state index contributed by atoms with van der Waals surface area (Å²) in [5.41, 5.74) is 1.24. The maximum atomic E-state index is 12.8. The number of pyridine rings is 1. The third kappa shape index (κ3) is 4.99. The Morgan fingerprint density at radius 1 is 1.26 bits per heavy atom. The molecular weight excluding hydrogens is 416 g/mol. The van der Waals surface area contributed by atoms with Crippen LogP contribution in [0.3, 0.4) is 0 Å². The molecule has 1 fully saturated rings. The van der Waals surface area contributed by atoms with Gasteiger partial charge >= 0.3 is 0 Å². The van der Waals surface area contributed by atoms with Crippen LogP contribution in [0, 0.1) is 0 Å². The molecule has 1 amide bonds. The van der Waals surface area contributed by atoms with Gasteiger partial charge in [-0.1, -0.05) is 0 Å². The minimum atomic E-state index is -3.51. The summed E-state index contributed by atoms with van der Waals surface area (Å²) in [5.74, 6) is 1.09. The average Bonchev–Trinajstić information content (AvgIpc) is 3.31. The molecule has 4 heterocycles. The summed E-state index contributed by atoms with van der Waals surface area (Å²) in [6.45, 7) is 1.09. The van der Waals surface area contributed by atoms with Gasteiger partial charge in [-0.25, -0.2) is 18.4 Å². The lowest BCUT2D eigenvalue weighted by Gasteiger charge is -2.33. The van der Waals surface area contributed by atoms with E-state index in [0.717, 1.165) is 30.4 Å². The van der Waals surface area contributed by atoms with Crippen LogP contribution in [-0.4, -0.2) is 53.5 Å². The lowest BCUT2D eigenvalue weighted by Crippen LogP contribution is -2.39. The zero-order chi connectivity index (χ0) is 21.8. The molecule has 1 aliphatic heterocycles. The number of nitrogens with zero attached hydrogens (tertiary/aromatic N) is 4. The van der Waals surface area contributed by atoms with Gasteiger partial charge < -0.3 is 9.32 Å². The van der Waals surface area contributed by atoms with Crippen LogP contribution in [0.1, 0.15) is 36.6 Å². The molecule has 0 N–H and O–H groups in total. The van der Waals surface area contributed by atoms with Gasteiger partial charge in [0.05, 0.1) is 12.0 Å². The van der Waals surface area contributed by atoms with Crippen LogP contribution in [-0.2, 0) is 21.1 Å². The van der Waals surface area contributed by atoms with Gasteiger partial charge in [0.15, 0.2) is 15.7 Å². The number of amides is 1. The molecule has 0 radical (unpaired) electrons. The van der Waals surface area contributed by atoms with E-state index in [9.17, 15) is 13.2 Å². The van der Waals surface area contributed by atoms with E-state index < -0.39 is 9.84 Å². The number of aromatic nitrogens is 3. The molecule has 0 saturated carbocycles. The number of hydrogen-bond donors (Lipinski definition) is 0. The smallest absolute Gasteiger partial charge is 0.223 e. The van der Waals surface area contributed by atoms with E-state index in [1.807, 2.05) is 6.07 Å². The molecule has 162 valence electrons. The lowest BCUT2D eigenvalue weighted by atomic mass is 9.94. The average molecular weight is 441 g/mol. The Kier molecular flexibility index (Phi) is 6.13. The van der Waals surface area contributed by atoms with E-state index >= 15 is 0 Å². The molecule has 3 aromatic heterocycles. The van der Waals surface area contributed by atoms with Crippen LogP contribution in [0.4, 0.5) is 0 Å². The van der Waals surface area contributed by atoms with Crippen molar-refractivity contribution in [2.24, 2.45) is 0 Å². The first-order valence-corrected chi connectivity index (χ1v) is 12.1. The number of sulfone groups is 1. The van der Waals surface area contributed by atoms with Crippen molar-refractivity contribution < 1.29 is 17.6 Å². The number of aryl methyl sites for hydroxylation is 1. The molecule has 3 aromatic rings. The Morgan fingerprint density at radius 3 is 2.77 bits per heavy atom. The Balaban J connectivity index is 1.58. The predicted molar refractivity (Wildman–Crippen MR) is 114 cm³/mol. The van der Waals surface area contributed by atoms with Gasteiger partial charge in [-0.05, 0) is 37.1 Å². The van der Waals surface area contributed by atoms with Gasteiger partial charge in [-0.15, -0.1) is 0 Å². The number of carbonyl (C=O) groups excluding carboxylic acids is 1. The maximum absolute atomic E-state index is 12.8. The normalized spacial score (nSPS) is 16.9. The summed E-state index contributed by atoms with van der Waals surface area (Å²) in [7, 11) is -3.51. The van der Waals surface area contributed by atoms with Crippen LogP contribution in [0.25, 0.3) is 11.4 Å². The fourth-order valence-corrected chi connectivity index (χ4v) is 4.71. The Morgan fingerprint density at radius 2 is 2.06 bits per heavy atom. The van der Waals surface area contributed by atoms with E-state index in [4.69, 9.17) is 4.42 Å². The van der Waals surface area contributed by atoms with Crippen LogP contribution in [0.15, 0.2) is 58.4 Å². The fraction of sp³-hybridized carbons (Fsp3) is 0.364. The van der Waals surface area contributed by atoms with Gasteiger partial charge in [-0.2, -0.15) is 0 Å². The summed E-state index contributed by atoms with van der Waals surface area (Å²) < 4.78 is 30.1. The monoisotopic (exact) mass is 440 g/mol. The highest BCUT2D eigenvalue weighted by atomic mass is 32.2. The molecule has 0 aliphatic carbocycles. The number of rotatable bonds is 6. The van der Waals surface area contributed by atoms with Gasteiger partial charge in [0, 0.05) is 62.3 Å². The first kappa shape index (κ1) is 21.2. The first-order chi connectivity index (χ1) is 14.9. The van der Waals surface area contributed by atoms with Crippen molar-refractivity contribution in [3.63, 3.8) is 0 Å². The third-order valence-electron chi connectivity index (χ3n) is 5.45. The van der Waals surface area contributed by atoms with Crippen LogP contribution in [0.2, 0.25) is 0 Å². The van der Waals surface area contributed by atoms with E-state index in [1.165, 1.54) is 6.20 Å².